The van der Waals surface area contributed by atoms with Gasteiger partial charge in [-0.2, -0.15) is 9.78 Å². The predicted octanol–water partition coefficient (Wildman–Crippen LogP) is 6.90. The minimum atomic E-state index is -0.214. The average molecular weight is 599 g/mol. The van der Waals surface area contributed by atoms with E-state index in [1.807, 2.05) is 61.5 Å². The van der Waals surface area contributed by atoms with Crippen molar-refractivity contribution in [3.8, 4) is 11.5 Å². The standard InChI is InChI=1S/C27H25Br2N3O3/c1-4-17(2)26-31-23-11-10-20(28)13-21(23)27(33)32(26)30-15-19-12-24(34-3)25(14-22(19)29)35-16-18-8-6-5-7-9-18/h5-15,17H,4,16H2,1-3H3/t17-/m0/s1. The second-order valence-electron chi connectivity index (χ2n) is 8.10. The summed E-state index contributed by atoms with van der Waals surface area (Å²) in [5, 5.41) is 5.06. The fraction of sp³-hybridized carbons (Fsp3) is 0.222. The smallest absolute Gasteiger partial charge is 0.282 e. The molecule has 0 aliphatic rings. The molecular weight excluding hydrogens is 574 g/mol. The Morgan fingerprint density at radius 1 is 1.09 bits per heavy atom. The fourth-order valence-corrected chi connectivity index (χ4v) is 4.34. The topological polar surface area (TPSA) is 65.7 Å². The van der Waals surface area contributed by atoms with Crippen molar-refractivity contribution in [2.45, 2.75) is 32.8 Å². The Kier molecular flexibility index (Phi) is 8.03. The van der Waals surface area contributed by atoms with Crippen molar-refractivity contribution in [1.82, 2.24) is 9.66 Å². The van der Waals surface area contributed by atoms with Crippen molar-refractivity contribution in [1.29, 1.82) is 0 Å². The molecule has 6 nitrogen and oxygen atoms in total. The Morgan fingerprint density at radius 2 is 1.86 bits per heavy atom. The number of halogens is 2. The molecule has 8 heteroatoms. The quantitative estimate of drug-likeness (QED) is 0.207. The zero-order valence-corrected chi connectivity index (χ0v) is 22.8. The van der Waals surface area contributed by atoms with Crippen LogP contribution in [0.4, 0.5) is 0 Å². The highest BCUT2D eigenvalue weighted by atomic mass is 79.9. The minimum Gasteiger partial charge on any atom is -0.493 e. The molecule has 1 heterocycles. The number of hydrogen-bond acceptors (Lipinski definition) is 5. The second kappa shape index (κ2) is 11.2. The number of benzene rings is 3. The molecule has 0 saturated carbocycles. The summed E-state index contributed by atoms with van der Waals surface area (Å²) in [5.41, 5.74) is 2.24. The van der Waals surface area contributed by atoms with Crippen LogP contribution in [0.25, 0.3) is 10.9 Å². The van der Waals surface area contributed by atoms with Crippen LogP contribution in [0, 0.1) is 0 Å². The van der Waals surface area contributed by atoms with Gasteiger partial charge in [-0.25, -0.2) is 4.98 Å². The van der Waals surface area contributed by atoms with Crippen molar-refractivity contribution >= 4 is 49.0 Å². The summed E-state index contributed by atoms with van der Waals surface area (Å²) in [5.74, 6) is 1.85. The molecule has 1 atom stereocenters. The maximum atomic E-state index is 13.4. The summed E-state index contributed by atoms with van der Waals surface area (Å²) in [7, 11) is 1.59. The summed E-state index contributed by atoms with van der Waals surface area (Å²) in [6, 6.07) is 19.1. The molecule has 0 amide bonds. The van der Waals surface area contributed by atoms with Gasteiger partial charge in [-0.1, -0.05) is 60.1 Å². The molecule has 0 aliphatic carbocycles. The lowest BCUT2D eigenvalue weighted by Crippen LogP contribution is -2.23. The first-order valence-corrected chi connectivity index (χ1v) is 12.8. The van der Waals surface area contributed by atoms with Crippen LogP contribution in [-0.4, -0.2) is 23.0 Å². The second-order valence-corrected chi connectivity index (χ2v) is 9.87. The number of methoxy groups -OCH3 is 1. The molecule has 35 heavy (non-hydrogen) atoms. The molecule has 180 valence electrons. The van der Waals surface area contributed by atoms with Gasteiger partial charge in [0.15, 0.2) is 11.5 Å². The van der Waals surface area contributed by atoms with Gasteiger partial charge >= 0.3 is 0 Å². The van der Waals surface area contributed by atoms with E-state index in [-0.39, 0.29) is 11.5 Å². The highest BCUT2D eigenvalue weighted by Crippen LogP contribution is 2.33. The van der Waals surface area contributed by atoms with Gasteiger partial charge in [0.1, 0.15) is 12.4 Å². The molecule has 4 rings (SSSR count). The molecule has 4 aromatic rings. The number of hydrogen-bond donors (Lipinski definition) is 0. The lowest BCUT2D eigenvalue weighted by atomic mass is 10.1. The first kappa shape index (κ1) is 25.1. The summed E-state index contributed by atoms with van der Waals surface area (Å²) < 4.78 is 14.5. The van der Waals surface area contributed by atoms with E-state index in [9.17, 15) is 4.79 Å². The van der Waals surface area contributed by atoms with Crippen LogP contribution in [-0.2, 0) is 6.61 Å². The maximum Gasteiger partial charge on any atom is 0.282 e. The molecule has 0 radical (unpaired) electrons. The molecule has 0 unspecified atom stereocenters. The zero-order chi connectivity index (χ0) is 24.9. The zero-order valence-electron chi connectivity index (χ0n) is 19.7. The van der Waals surface area contributed by atoms with E-state index in [1.165, 1.54) is 4.68 Å². The first-order valence-electron chi connectivity index (χ1n) is 11.2. The molecule has 0 saturated heterocycles. The normalized spacial score (nSPS) is 12.3. The number of ether oxygens (including phenoxy) is 2. The highest BCUT2D eigenvalue weighted by Gasteiger charge is 2.16. The lowest BCUT2D eigenvalue weighted by Gasteiger charge is -2.15. The third-order valence-electron chi connectivity index (χ3n) is 5.72. The summed E-state index contributed by atoms with van der Waals surface area (Å²) in [6.07, 6.45) is 2.46. The van der Waals surface area contributed by atoms with E-state index < -0.39 is 0 Å². The number of fused-ring (bicyclic) bond motifs is 1. The van der Waals surface area contributed by atoms with E-state index in [0.29, 0.717) is 34.8 Å². The monoisotopic (exact) mass is 597 g/mol. The average Bonchev–Trinajstić information content (AvgIpc) is 2.88. The number of nitrogens with zero attached hydrogens (tertiary/aromatic N) is 3. The van der Waals surface area contributed by atoms with Crippen LogP contribution in [0.1, 0.15) is 43.1 Å². The minimum absolute atomic E-state index is 0.0552. The van der Waals surface area contributed by atoms with Gasteiger partial charge in [0, 0.05) is 20.4 Å². The summed E-state index contributed by atoms with van der Waals surface area (Å²) in [6.45, 7) is 4.52. The Balaban J connectivity index is 1.71. The Morgan fingerprint density at radius 3 is 2.57 bits per heavy atom. The SMILES string of the molecule is CC[C@H](C)c1nc2ccc(Br)cc2c(=O)n1N=Cc1cc(OC)c(OCc2ccccc2)cc1Br. The number of aromatic nitrogens is 2. The van der Waals surface area contributed by atoms with E-state index in [2.05, 4.69) is 43.9 Å². The van der Waals surface area contributed by atoms with Crippen molar-refractivity contribution in [3.63, 3.8) is 0 Å². The van der Waals surface area contributed by atoms with E-state index >= 15 is 0 Å². The number of rotatable bonds is 8. The van der Waals surface area contributed by atoms with Crippen molar-refractivity contribution in [2.24, 2.45) is 5.10 Å². The van der Waals surface area contributed by atoms with Gasteiger partial charge in [0.25, 0.3) is 5.56 Å². The van der Waals surface area contributed by atoms with Crippen molar-refractivity contribution in [3.05, 3.63) is 96.9 Å². The van der Waals surface area contributed by atoms with Crippen LogP contribution in [0.15, 0.2) is 79.5 Å². The third-order valence-corrected chi connectivity index (χ3v) is 6.90. The van der Waals surface area contributed by atoms with Crippen LogP contribution in [0.3, 0.4) is 0 Å². The Bertz CT molecular complexity index is 1440. The molecular formula is C27H25Br2N3O3. The van der Waals surface area contributed by atoms with Gasteiger partial charge in [0.05, 0.1) is 24.2 Å². The fourth-order valence-electron chi connectivity index (χ4n) is 3.56. The molecule has 0 spiro atoms. The van der Waals surface area contributed by atoms with Gasteiger partial charge in [-0.05, 0) is 58.2 Å². The molecule has 0 bridgehead atoms. The van der Waals surface area contributed by atoms with E-state index in [4.69, 9.17) is 14.5 Å². The predicted molar refractivity (Wildman–Crippen MR) is 147 cm³/mol. The summed E-state index contributed by atoms with van der Waals surface area (Å²) in [4.78, 5) is 18.1. The highest BCUT2D eigenvalue weighted by molar-refractivity contribution is 9.10. The van der Waals surface area contributed by atoms with Crippen LogP contribution in [0.2, 0.25) is 0 Å². The third kappa shape index (κ3) is 5.65. The molecule has 0 N–H and O–H groups in total. The lowest BCUT2D eigenvalue weighted by molar-refractivity contribution is 0.284. The maximum absolute atomic E-state index is 13.4. The largest absolute Gasteiger partial charge is 0.493 e. The van der Waals surface area contributed by atoms with Crippen molar-refractivity contribution < 1.29 is 9.47 Å². The first-order chi connectivity index (χ1) is 16.9. The van der Waals surface area contributed by atoms with Crippen LogP contribution in [0.5, 0.6) is 11.5 Å². The van der Waals surface area contributed by atoms with Crippen LogP contribution >= 0.6 is 31.9 Å². The summed E-state index contributed by atoms with van der Waals surface area (Å²) >= 11 is 7.04. The molecule has 1 aromatic heterocycles. The molecule has 0 fully saturated rings. The Hall–Kier alpha value is -2.97. The van der Waals surface area contributed by atoms with Gasteiger partial charge in [-0.3, -0.25) is 4.79 Å². The van der Waals surface area contributed by atoms with Crippen LogP contribution < -0.4 is 15.0 Å². The van der Waals surface area contributed by atoms with Crippen molar-refractivity contribution in [2.75, 3.05) is 7.11 Å². The Labute approximate surface area is 220 Å². The molecule has 0 aliphatic heterocycles. The van der Waals surface area contributed by atoms with Gasteiger partial charge in [0.2, 0.25) is 0 Å². The molecule has 3 aromatic carbocycles. The van der Waals surface area contributed by atoms with E-state index in [1.54, 1.807) is 19.4 Å². The van der Waals surface area contributed by atoms with Gasteiger partial charge in [-0.15, -0.1) is 0 Å². The van der Waals surface area contributed by atoms with E-state index in [0.717, 1.165) is 26.5 Å². The van der Waals surface area contributed by atoms with Gasteiger partial charge < -0.3 is 9.47 Å².